The van der Waals surface area contributed by atoms with E-state index in [1.54, 1.807) is 103 Å². The Kier molecular flexibility index (Phi) is 10.7. The summed E-state index contributed by atoms with van der Waals surface area (Å²) in [6.45, 7) is -0.465. The topological polar surface area (TPSA) is 146 Å². The molecule has 0 radical (unpaired) electrons. The third-order valence-electron chi connectivity index (χ3n) is 12.6. The molecule has 9 rings (SSSR count). The van der Waals surface area contributed by atoms with E-state index in [9.17, 15) is 32.7 Å². The molecule has 6 atom stereocenters. The number of benzene rings is 4. The Balaban J connectivity index is 1.17. The van der Waals surface area contributed by atoms with E-state index in [2.05, 4.69) is 10.4 Å². The van der Waals surface area contributed by atoms with Crippen LogP contribution in [0.5, 0.6) is 5.75 Å². The molecule has 2 aliphatic carbocycles. The van der Waals surface area contributed by atoms with Gasteiger partial charge in [0.2, 0.25) is 11.8 Å². The van der Waals surface area contributed by atoms with Crippen molar-refractivity contribution >= 4 is 64.1 Å². The average molecular weight is 896 g/mol. The molecule has 11 nitrogen and oxygen atoms in total. The SMILES string of the molecule is O=C(c1ccccc1)c1ccc(N2C(=O)C3CC=C4C(CC5C(=O)N(Nc6ncc(C(F)(F)F)cc6Cl)C(=O)C5(c5ccc(Cl)cc5)C4c4ccccc4OCCO)C3C2=O)cc1. The van der Waals surface area contributed by atoms with E-state index in [4.69, 9.17) is 27.9 Å². The number of halogens is 5. The maximum absolute atomic E-state index is 15.5. The first-order chi connectivity index (χ1) is 30.2. The molecule has 2 saturated heterocycles. The summed E-state index contributed by atoms with van der Waals surface area (Å²) >= 11 is 12.7. The molecule has 2 N–H and O–H groups in total. The van der Waals surface area contributed by atoms with Crippen molar-refractivity contribution < 1.29 is 47.0 Å². The van der Waals surface area contributed by atoms with Crippen LogP contribution in [-0.2, 0) is 30.8 Å². The molecule has 63 heavy (non-hydrogen) atoms. The highest BCUT2D eigenvalue weighted by Crippen LogP contribution is 2.65. The van der Waals surface area contributed by atoms with E-state index < -0.39 is 75.4 Å². The fourth-order valence-electron chi connectivity index (χ4n) is 9.91. The molecule has 16 heteroatoms. The second-order valence-electron chi connectivity index (χ2n) is 15.8. The summed E-state index contributed by atoms with van der Waals surface area (Å²) in [6.07, 6.45) is -2.38. The predicted molar refractivity (Wildman–Crippen MR) is 225 cm³/mol. The van der Waals surface area contributed by atoms with E-state index >= 15 is 9.59 Å². The van der Waals surface area contributed by atoms with Gasteiger partial charge in [-0.05, 0) is 72.9 Å². The molecule has 0 bridgehead atoms. The van der Waals surface area contributed by atoms with Crippen LogP contribution in [0.4, 0.5) is 24.7 Å². The van der Waals surface area contributed by atoms with Crippen molar-refractivity contribution in [3.8, 4) is 5.75 Å². The Morgan fingerprint density at radius 2 is 1.54 bits per heavy atom. The first-order valence-corrected chi connectivity index (χ1v) is 20.7. The lowest BCUT2D eigenvalue weighted by atomic mass is 9.49. The van der Waals surface area contributed by atoms with Crippen molar-refractivity contribution in [3.05, 3.63) is 165 Å². The number of ether oxygens (including phenoxy) is 1. The number of hydrazine groups is 1. The summed E-state index contributed by atoms with van der Waals surface area (Å²) < 4.78 is 46.8. The number of para-hydroxylation sites is 1. The molecule has 2 aliphatic heterocycles. The number of anilines is 2. The number of aromatic nitrogens is 1. The summed E-state index contributed by atoms with van der Waals surface area (Å²) in [7, 11) is 0. The van der Waals surface area contributed by atoms with Gasteiger partial charge in [-0.3, -0.25) is 34.3 Å². The van der Waals surface area contributed by atoms with Gasteiger partial charge in [0.15, 0.2) is 11.6 Å². The number of pyridine rings is 1. The van der Waals surface area contributed by atoms with Gasteiger partial charge in [0.1, 0.15) is 12.4 Å². The number of allylic oxidation sites excluding steroid dienone is 2. The largest absolute Gasteiger partial charge is 0.491 e. The smallest absolute Gasteiger partial charge is 0.417 e. The van der Waals surface area contributed by atoms with Crippen molar-refractivity contribution in [1.29, 1.82) is 0 Å². The minimum Gasteiger partial charge on any atom is -0.491 e. The zero-order valence-corrected chi connectivity index (χ0v) is 34.4. The third kappa shape index (κ3) is 6.87. The standard InChI is InChI=1S/C47H35Cl2F3N4O7/c48-29-14-12-27(13-15-29)46-35(43(60)56(45(46)62)54-41-36(49)22-28(24-53-41)47(50,51)52)23-34-31(39(46)32-8-4-5-9-37(32)63-21-20-57)18-19-33-38(34)44(61)55(42(33)59)30-16-10-26(11-17-30)40(58)25-6-2-1-3-7-25/h1-18,22,24,33-35,38-39,57H,19-21,23H2,(H,53,54). The molecule has 1 aromatic heterocycles. The van der Waals surface area contributed by atoms with Crippen molar-refractivity contribution in [2.24, 2.45) is 23.7 Å². The molecule has 0 spiro atoms. The maximum atomic E-state index is 15.5. The fraction of sp³-hybridized carbons (Fsp3) is 0.234. The zero-order chi connectivity index (χ0) is 44.4. The molecule has 3 heterocycles. The van der Waals surface area contributed by atoms with E-state index in [1.807, 2.05) is 6.08 Å². The van der Waals surface area contributed by atoms with Crippen LogP contribution in [0.3, 0.4) is 0 Å². The molecular formula is C47H35Cl2F3N4O7. The Hall–Kier alpha value is -6.35. The normalized spacial score (nSPS) is 24.2. The minimum absolute atomic E-state index is 0.0971. The van der Waals surface area contributed by atoms with Crippen LogP contribution in [0.15, 0.2) is 127 Å². The number of hydrogen-bond donors (Lipinski definition) is 2. The van der Waals surface area contributed by atoms with Crippen LogP contribution >= 0.6 is 23.2 Å². The molecule has 4 amide bonds. The summed E-state index contributed by atoms with van der Waals surface area (Å²) in [5.74, 6) is -7.77. The van der Waals surface area contributed by atoms with Crippen molar-refractivity contribution in [2.45, 2.75) is 30.4 Å². The molecule has 4 aliphatic rings. The van der Waals surface area contributed by atoms with Crippen LogP contribution in [0.25, 0.3) is 0 Å². The van der Waals surface area contributed by atoms with E-state index in [0.717, 1.165) is 4.90 Å². The molecule has 1 saturated carbocycles. The number of alkyl halides is 3. The highest BCUT2D eigenvalue weighted by Gasteiger charge is 2.71. The lowest BCUT2D eigenvalue weighted by Crippen LogP contribution is -2.53. The number of imide groups is 2. The minimum atomic E-state index is -4.78. The van der Waals surface area contributed by atoms with Gasteiger partial charge in [-0.25, -0.2) is 4.98 Å². The van der Waals surface area contributed by atoms with Gasteiger partial charge in [0, 0.05) is 33.8 Å². The van der Waals surface area contributed by atoms with Gasteiger partial charge in [0.05, 0.1) is 46.0 Å². The number of aliphatic hydroxyl groups is 1. The van der Waals surface area contributed by atoms with Gasteiger partial charge in [0.25, 0.3) is 11.8 Å². The Morgan fingerprint density at radius 3 is 2.22 bits per heavy atom. The predicted octanol–water partition coefficient (Wildman–Crippen LogP) is 8.20. The number of carbonyl (C=O) groups excluding carboxylic acids is 5. The number of fused-ring (bicyclic) bond motifs is 4. The molecule has 5 aromatic rings. The zero-order valence-electron chi connectivity index (χ0n) is 32.9. The summed E-state index contributed by atoms with van der Waals surface area (Å²) in [5, 5.41) is 10.3. The van der Waals surface area contributed by atoms with Crippen molar-refractivity contribution in [2.75, 3.05) is 23.5 Å². The molecular weight excluding hydrogens is 860 g/mol. The number of rotatable bonds is 10. The number of hydrogen-bond acceptors (Lipinski definition) is 9. The molecule has 6 unspecified atom stereocenters. The van der Waals surface area contributed by atoms with Crippen LogP contribution in [-0.4, -0.2) is 57.7 Å². The van der Waals surface area contributed by atoms with Gasteiger partial charge in [-0.15, -0.1) is 0 Å². The van der Waals surface area contributed by atoms with Crippen LogP contribution in [0.2, 0.25) is 10.0 Å². The number of nitrogens with one attached hydrogen (secondary N) is 1. The van der Waals surface area contributed by atoms with E-state index in [-0.39, 0.29) is 49.1 Å². The second-order valence-corrected chi connectivity index (χ2v) is 16.6. The summed E-state index contributed by atoms with van der Waals surface area (Å²) in [4.78, 5) is 77.9. The molecule has 3 fully saturated rings. The highest BCUT2D eigenvalue weighted by molar-refractivity contribution is 6.33. The van der Waals surface area contributed by atoms with Crippen molar-refractivity contribution in [3.63, 3.8) is 0 Å². The lowest BCUT2D eigenvalue weighted by molar-refractivity contribution is -0.139. The van der Waals surface area contributed by atoms with Gasteiger partial charge in [-0.1, -0.05) is 95.5 Å². The summed E-state index contributed by atoms with van der Waals surface area (Å²) in [5.41, 5.74) is 2.19. The maximum Gasteiger partial charge on any atom is 0.417 e. The molecule has 320 valence electrons. The second kappa shape index (κ2) is 16.1. The Morgan fingerprint density at radius 1 is 0.857 bits per heavy atom. The first kappa shape index (κ1) is 42.0. The fourth-order valence-corrected chi connectivity index (χ4v) is 10.2. The monoisotopic (exact) mass is 894 g/mol. The van der Waals surface area contributed by atoms with Crippen molar-refractivity contribution in [1.82, 2.24) is 9.99 Å². The highest BCUT2D eigenvalue weighted by atomic mass is 35.5. The summed E-state index contributed by atoms with van der Waals surface area (Å²) in [6, 6.07) is 28.7. The van der Waals surface area contributed by atoms with Gasteiger partial charge in [-0.2, -0.15) is 18.2 Å². The number of ketones is 1. The number of nitrogens with zero attached hydrogens (tertiary/aromatic N) is 3. The van der Waals surface area contributed by atoms with E-state index in [1.165, 1.54) is 0 Å². The molecule has 4 aromatic carbocycles. The Labute approximate surface area is 368 Å². The van der Waals surface area contributed by atoms with E-state index in [0.29, 0.717) is 50.1 Å². The van der Waals surface area contributed by atoms with Crippen LogP contribution in [0, 0.1) is 23.7 Å². The number of carbonyl (C=O) groups is 5. The third-order valence-corrected chi connectivity index (χ3v) is 13.1. The number of aliphatic hydroxyl groups excluding tert-OH is 1. The van der Waals surface area contributed by atoms with Crippen LogP contribution < -0.4 is 15.1 Å². The van der Waals surface area contributed by atoms with Crippen LogP contribution in [0.1, 0.15) is 51.4 Å². The van der Waals surface area contributed by atoms with Gasteiger partial charge >= 0.3 is 6.18 Å². The number of amides is 4. The first-order valence-electron chi connectivity index (χ1n) is 20.0. The quantitative estimate of drug-likeness (QED) is 0.0805. The Bertz CT molecular complexity index is 2720. The van der Waals surface area contributed by atoms with Gasteiger partial charge < -0.3 is 9.84 Å². The average Bonchev–Trinajstić information content (AvgIpc) is 3.66. The lowest BCUT2D eigenvalue weighted by Gasteiger charge is -2.50.